The van der Waals surface area contributed by atoms with Crippen LogP contribution in [0.15, 0.2) is 36.5 Å². The summed E-state index contributed by atoms with van der Waals surface area (Å²) in [5.41, 5.74) is 1.71. The van der Waals surface area contributed by atoms with Gasteiger partial charge < -0.3 is 10.6 Å². The summed E-state index contributed by atoms with van der Waals surface area (Å²) >= 11 is 0. The van der Waals surface area contributed by atoms with Crippen molar-refractivity contribution in [2.24, 2.45) is 0 Å². The third-order valence-electron chi connectivity index (χ3n) is 4.03. The highest BCUT2D eigenvalue weighted by Crippen LogP contribution is 2.10. The summed E-state index contributed by atoms with van der Waals surface area (Å²) in [6.07, 6.45) is 5.29. The molecule has 1 aliphatic rings. The van der Waals surface area contributed by atoms with E-state index in [2.05, 4.69) is 15.7 Å². The Bertz CT molecular complexity index is 653. The van der Waals surface area contributed by atoms with Crippen LogP contribution in [0.3, 0.4) is 0 Å². The highest BCUT2D eigenvalue weighted by molar-refractivity contribution is 5.85. The molecule has 1 aromatic heterocycles. The molecule has 130 valence electrons. The van der Waals surface area contributed by atoms with Crippen molar-refractivity contribution in [1.82, 2.24) is 20.4 Å². The lowest BCUT2D eigenvalue weighted by Crippen LogP contribution is -2.32. The van der Waals surface area contributed by atoms with Crippen molar-refractivity contribution in [2.75, 3.05) is 13.1 Å². The number of carbonyl (C=O) groups excluding carboxylic acids is 1. The number of carbonyl (C=O) groups is 1. The maximum Gasteiger partial charge on any atom is 0.221 e. The molecule has 1 aliphatic heterocycles. The van der Waals surface area contributed by atoms with E-state index in [1.54, 1.807) is 16.8 Å². The van der Waals surface area contributed by atoms with Gasteiger partial charge in [-0.15, -0.1) is 12.4 Å². The Morgan fingerprint density at radius 1 is 1.33 bits per heavy atom. The number of nitrogens with zero attached hydrogens (tertiary/aromatic N) is 2. The first-order chi connectivity index (χ1) is 11.2. The van der Waals surface area contributed by atoms with Gasteiger partial charge in [-0.1, -0.05) is 0 Å². The zero-order valence-electron chi connectivity index (χ0n) is 13.4. The van der Waals surface area contributed by atoms with Gasteiger partial charge in [0.25, 0.3) is 0 Å². The predicted octanol–water partition coefficient (Wildman–Crippen LogP) is 2.23. The number of benzene rings is 1. The van der Waals surface area contributed by atoms with Crippen molar-refractivity contribution < 1.29 is 9.18 Å². The molecule has 2 aromatic rings. The van der Waals surface area contributed by atoms with E-state index < -0.39 is 0 Å². The van der Waals surface area contributed by atoms with Crippen molar-refractivity contribution in [3.8, 4) is 5.69 Å². The van der Waals surface area contributed by atoms with E-state index in [1.165, 1.54) is 12.1 Å². The van der Waals surface area contributed by atoms with Gasteiger partial charge in [-0.2, -0.15) is 5.10 Å². The summed E-state index contributed by atoms with van der Waals surface area (Å²) in [6.45, 7) is 1.59. The summed E-state index contributed by atoms with van der Waals surface area (Å²) in [7, 11) is 0. The van der Waals surface area contributed by atoms with Crippen molar-refractivity contribution >= 4 is 18.3 Å². The summed E-state index contributed by atoms with van der Waals surface area (Å²) in [4.78, 5) is 11.8. The molecule has 1 unspecified atom stereocenters. The molecule has 1 aromatic carbocycles. The van der Waals surface area contributed by atoms with Gasteiger partial charge >= 0.3 is 0 Å². The molecule has 0 saturated carbocycles. The second-order valence-corrected chi connectivity index (χ2v) is 5.83. The lowest BCUT2D eigenvalue weighted by Gasteiger charge is -2.09. The molecule has 24 heavy (non-hydrogen) atoms. The first kappa shape index (κ1) is 18.4. The van der Waals surface area contributed by atoms with Crippen molar-refractivity contribution in [2.45, 2.75) is 31.7 Å². The Morgan fingerprint density at radius 3 is 2.83 bits per heavy atom. The molecule has 1 atom stereocenters. The van der Waals surface area contributed by atoms with Gasteiger partial charge in [0.2, 0.25) is 5.91 Å². The molecule has 5 nitrogen and oxygen atoms in total. The maximum absolute atomic E-state index is 12.9. The third-order valence-corrected chi connectivity index (χ3v) is 4.03. The molecule has 0 aliphatic carbocycles. The van der Waals surface area contributed by atoms with E-state index in [9.17, 15) is 9.18 Å². The molecule has 0 bridgehead atoms. The van der Waals surface area contributed by atoms with Crippen LogP contribution in [0.4, 0.5) is 4.39 Å². The summed E-state index contributed by atoms with van der Waals surface area (Å²) < 4.78 is 14.6. The Morgan fingerprint density at radius 2 is 2.12 bits per heavy atom. The van der Waals surface area contributed by atoms with E-state index in [0.29, 0.717) is 25.4 Å². The highest BCUT2D eigenvalue weighted by atomic mass is 35.5. The van der Waals surface area contributed by atoms with Crippen LogP contribution in [-0.2, 0) is 11.2 Å². The van der Waals surface area contributed by atoms with Crippen LogP contribution in [0.1, 0.15) is 25.0 Å². The van der Waals surface area contributed by atoms with Gasteiger partial charge in [0.15, 0.2) is 0 Å². The van der Waals surface area contributed by atoms with Gasteiger partial charge in [-0.25, -0.2) is 9.07 Å². The number of aromatic nitrogens is 2. The van der Waals surface area contributed by atoms with E-state index in [1.807, 2.05) is 12.3 Å². The predicted molar refractivity (Wildman–Crippen MR) is 93.1 cm³/mol. The lowest BCUT2D eigenvalue weighted by molar-refractivity contribution is -0.121. The Labute approximate surface area is 147 Å². The molecule has 7 heteroatoms. The van der Waals surface area contributed by atoms with Crippen LogP contribution in [0.25, 0.3) is 5.69 Å². The first-order valence-corrected chi connectivity index (χ1v) is 8.01. The Kier molecular flexibility index (Phi) is 6.75. The fourth-order valence-electron chi connectivity index (χ4n) is 2.79. The summed E-state index contributed by atoms with van der Waals surface area (Å²) in [5.74, 6) is -0.178. The minimum Gasteiger partial charge on any atom is -0.356 e. The van der Waals surface area contributed by atoms with Crippen LogP contribution in [0, 0.1) is 5.82 Å². The fourth-order valence-corrected chi connectivity index (χ4v) is 2.79. The molecule has 2 heterocycles. The van der Waals surface area contributed by atoms with Gasteiger partial charge in [-0.3, -0.25) is 4.79 Å². The van der Waals surface area contributed by atoms with Crippen molar-refractivity contribution in [1.29, 1.82) is 0 Å². The molecule has 0 radical (unpaired) electrons. The molecule has 1 amide bonds. The average Bonchev–Trinajstić information content (AvgIpc) is 3.20. The lowest BCUT2D eigenvalue weighted by atomic mass is 10.1. The topological polar surface area (TPSA) is 59.0 Å². The van der Waals surface area contributed by atoms with Crippen LogP contribution in [-0.4, -0.2) is 34.8 Å². The largest absolute Gasteiger partial charge is 0.356 e. The highest BCUT2D eigenvalue weighted by Gasteiger charge is 2.17. The van der Waals surface area contributed by atoms with Gasteiger partial charge in [0.1, 0.15) is 5.82 Å². The zero-order valence-corrected chi connectivity index (χ0v) is 14.2. The van der Waals surface area contributed by atoms with Crippen LogP contribution < -0.4 is 10.6 Å². The minimum atomic E-state index is -0.263. The smallest absolute Gasteiger partial charge is 0.221 e. The molecular weight excluding hydrogens is 331 g/mol. The second kappa shape index (κ2) is 8.80. The monoisotopic (exact) mass is 352 g/mol. The zero-order chi connectivity index (χ0) is 16.1. The van der Waals surface area contributed by atoms with E-state index >= 15 is 0 Å². The SMILES string of the molecule is Cl.O=C(CC1CCCN1)NCCc1ccn(-c2ccc(F)cc2)n1. The van der Waals surface area contributed by atoms with Crippen LogP contribution in [0.5, 0.6) is 0 Å². The molecule has 1 saturated heterocycles. The van der Waals surface area contributed by atoms with Crippen molar-refractivity contribution in [3.05, 3.63) is 48.0 Å². The van der Waals surface area contributed by atoms with Gasteiger partial charge in [-0.05, 0) is 49.7 Å². The number of rotatable bonds is 6. The van der Waals surface area contributed by atoms with Crippen molar-refractivity contribution in [3.63, 3.8) is 0 Å². The maximum atomic E-state index is 12.9. The normalized spacial score (nSPS) is 16.6. The van der Waals surface area contributed by atoms with E-state index in [4.69, 9.17) is 0 Å². The standard InChI is InChI=1S/C17H21FN4O.ClH/c18-13-3-5-16(6-4-13)22-11-8-14(21-22)7-10-20-17(23)12-15-2-1-9-19-15;/h3-6,8,11,15,19H,1-2,7,9-10,12H2,(H,20,23);1H. The number of hydrogen-bond acceptors (Lipinski definition) is 3. The van der Waals surface area contributed by atoms with E-state index in [-0.39, 0.29) is 24.1 Å². The quantitative estimate of drug-likeness (QED) is 0.838. The van der Waals surface area contributed by atoms with Crippen LogP contribution in [0.2, 0.25) is 0 Å². The molecule has 3 rings (SSSR count). The van der Waals surface area contributed by atoms with Crippen LogP contribution >= 0.6 is 12.4 Å². The minimum absolute atomic E-state index is 0. The third kappa shape index (κ3) is 5.04. The van der Waals surface area contributed by atoms with Gasteiger partial charge in [0.05, 0.1) is 11.4 Å². The Balaban J connectivity index is 0.00000208. The molecular formula is C17H22ClFN4O. The molecule has 0 spiro atoms. The number of nitrogens with one attached hydrogen (secondary N) is 2. The Hall–Kier alpha value is -1.92. The first-order valence-electron chi connectivity index (χ1n) is 8.01. The summed E-state index contributed by atoms with van der Waals surface area (Å²) in [5, 5.41) is 10.7. The number of amides is 1. The number of hydrogen-bond donors (Lipinski definition) is 2. The second-order valence-electron chi connectivity index (χ2n) is 5.83. The van der Waals surface area contributed by atoms with E-state index in [0.717, 1.165) is 30.8 Å². The average molecular weight is 353 g/mol. The fraction of sp³-hybridized carbons (Fsp3) is 0.412. The van der Waals surface area contributed by atoms with Gasteiger partial charge in [0, 0.05) is 31.6 Å². The molecule has 1 fully saturated rings. The molecule has 2 N–H and O–H groups in total. The summed E-state index contributed by atoms with van der Waals surface area (Å²) in [6, 6.07) is 8.42. The number of halogens is 2.